The van der Waals surface area contributed by atoms with E-state index in [2.05, 4.69) is 4.98 Å². The van der Waals surface area contributed by atoms with Gasteiger partial charge in [0, 0.05) is 31.4 Å². The number of rotatable bonds is 3. The van der Waals surface area contributed by atoms with Crippen molar-refractivity contribution in [1.82, 2.24) is 14.3 Å². The van der Waals surface area contributed by atoms with E-state index in [1.54, 1.807) is 22.9 Å². The molecule has 2 saturated heterocycles. The number of nitrogens with zero attached hydrogens (tertiary/aromatic N) is 3. The van der Waals surface area contributed by atoms with Gasteiger partial charge in [0.05, 0.1) is 35.4 Å². The van der Waals surface area contributed by atoms with Gasteiger partial charge in [-0.25, -0.2) is 4.98 Å². The van der Waals surface area contributed by atoms with Gasteiger partial charge in [0.1, 0.15) is 0 Å². The number of halogens is 2. The quantitative estimate of drug-likeness (QED) is 0.797. The minimum Gasteiger partial charge on any atom is -0.347 e. The Hall–Kier alpha value is -1.34. The summed E-state index contributed by atoms with van der Waals surface area (Å²) in [5.74, 6) is -0.328. The third kappa shape index (κ3) is 3.43. The second-order valence-electron chi connectivity index (χ2n) is 7.04. The Morgan fingerprint density at radius 2 is 2.12 bits per heavy atom. The number of amides is 1. The van der Waals surface area contributed by atoms with E-state index in [1.807, 2.05) is 11.8 Å². The zero-order valence-electron chi connectivity index (χ0n) is 14.6. The van der Waals surface area contributed by atoms with Crippen LogP contribution in [0.4, 0.5) is 0 Å². The van der Waals surface area contributed by atoms with E-state index in [1.165, 1.54) is 0 Å². The number of aromatic nitrogens is 2. The van der Waals surface area contributed by atoms with E-state index >= 15 is 0 Å². The van der Waals surface area contributed by atoms with E-state index in [4.69, 9.17) is 32.7 Å². The van der Waals surface area contributed by atoms with Crippen molar-refractivity contribution in [2.75, 3.05) is 26.3 Å². The first kappa shape index (κ1) is 18.0. The van der Waals surface area contributed by atoms with Crippen molar-refractivity contribution >= 4 is 34.8 Å². The summed E-state index contributed by atoms with van der Waals surface area (Å²) < 4.78 is 13.3. The largest absolute Gasteiger partial charge is 0.347 e. The molecule has 0 bridgehead atoms. The van der Waals surface area contributed by atoms with Gasteiger partial charge in [0.2, 0.25) is 5.91 Å². The highest BCUT2D eigenvalue weighted by Gasteiger charge is 2.42. The molecule has 4 heterocycles. The molecule has 0 spiro atoms. The minimum atomic E-state index is -0.577. The third-order valence-electron chi connectivity index (χ3n) is 5.23. The second-order valence-corrected chi connectivity index (χ2v) is 7.88. The zero-order chi connectivity index (χ0) is 18.3. The molecular formula is C18H21Cl2N3O3. The Morgan fingerprint density at radius 3 is 2.88 bits per heavy atom. The molecule has 0 N–H and O–H groups in total. The fraction of sp³-hybridized carbons (Fsp3) is 0.556. The van der Waals surface area contributed by atoms with Crippen molar-refractivity contribution in [1.29, 1.82) is 0 Å². The Balaban J connectivity index is 1.47. The van der Waals surface area contributed by atoms with Crippen LogP contribution in [0, 0.1) is 5.92 Å². The van der Waals surface area contributed by atoms with Crippen LogP contribution in [0.15, 0.2) is 18.5 Å². The highest BCUT2D eigenvalue weighted by molar-refractivity contribution is 6.36. The molecule has 4 rings (SSSR count). The van der Waals surface area contributed by atoms with Gasteiger partial charge < -0.3 is 18.8 Å². The fourth-order valence-corrected chi connectivity index (χ4v) is 4.35. The van der Waals surface area contributed by atoms with Gasteiger partial charge in [-0.2, -0.15) is 0 Å². The van der Waals surface area contributed by atoms with E-state index < -0.39 is 5.79 Å². The molecule has 2 aromatic heterocycles. The smallest absolute Gasteiger partial charge is 0.228 e. The summed E-state index contributed by atoms with van der Waals surface area (Å²) in [7, 11) is 0. The predicted molar refractivity (Wildman–Crippen MR) is 98.5 cm³/mol. The van der Waals surface area contributed by atoms with Crippen LogP contribution in [0.25, 0.3) is 5.65 Å². The molecule has 6 nitrogen and oxygen atoms in total. The van der Waals surface area contributed by atoms with Gasteiger partial charge in [0.15, 0.2) is 11.4 Å². The molecule has 26 heavy (non-hydrogen) atoms. The van der Waals surface area contributed by atoms with Crippen LogP contribution in [-0.2, 0) is 20.7 Å². The summed E-state index contributed by atoms with van der Waals surface area (Å²) >= 11 is 12.2. The number of carbonyl (C=O) groups excluding carboxylic acids is 1. The van der Waals surface area contributed by atoms with Crippen molar-refractivity contribution in [3.63, 3.8) is 0 Å². The van der Waals surface area contributed by atoms with E-state index in [-0.39, 0.29) is 18.2 Å². The third-order valence-corrected chi connectivity index (χ3v) is 5.72. The molecular weight excluding hydrogens is 377 g/mol. The molecule has 2 aliphatic rings. The summed E-state index contributed by atoms with van der Waals surface area (Å²) in [6.07, 6.45) is 5.72. The van der Waals surface area contributed by atoms with Crippen molar-refractivity contribution < 1.29 is 14.3 Å². The lowest BCUT2D eigenvalue weighted by Gasteiger charge is -2.39. The van der Waals surface area contributed by atoms with Crippen molar-refractivity contribution in [3.8, 4) is 0 Å². The number of hydrogen-bond donors (Lipinski definition) is 0. The summed E-state index contributed by atoms with van der Waals surface area (Å²) in [6.45, 7) is 4.62. The summed E-state index contributed by atoms with van der Waals surface area (Å²) in [5, 5.41) is 0.999. The van der Waals surface area contributed by atoms with Crippen LogP contribution < -0.4 is 0 Å². The first-order chi connectivity index (χ1) is 12.4. The van der Waals surface area contributed by atoms with Gasteiger partial charge in [-0.1, -0.05) is 23.2 Å². The normalized spacial score (nSPS) is 22.9. The van der Waals surface area contributed by atoms with Crippen LogP contribution in [0.3, 0.4) is 0 Å². The number of piperidine rings is 1. The Kier molecular flexibility index (Phi) is 4.86. The molecule has 1 atom stereocenters. The maximum atomic E-state index is 12.8. The standard InChI is InChI=1S/C18H21Cl2N3O3/c1-18(25-5-6-26-18)12-3-2-4-22(9-12)16(24)8-14-11-23-10-13(19)7-15(20)17(23)21-14/h7,10-12H,2-6,8-9H2,1H3/t12-/m0/s1. The fourth-order valence-electron chi connectivity index (χ4n) is 3.82. The Labute approximate surface area is 162 Å². The van der Waals surface area contributed by atoms with Gasteiger partial charge >= 0.3 is 0 Å². The number of ether oxygens (including phenoxy) is 2. The molecule has 2 aliphatic heterocycles. The van der Waals surface area contributed by atoms with Crippen molar-refractivity contribution in [2.24, 2.45) is 5.92 Å². The highest BCUT2D eigenvalue weighted by atomic mass is 35.5. The van der Waals surface area contributed by atoms with Crippen molar-refractivity contribution in [3.05, 3.63) is 34.2 Å². The molecule has 2 fully saturated rings. The first-order valence-corrected chi connectivity index (χ1v) is 9.58. The summed E-state index contributed by atoms with van der Waals surface area (Å²) in [5.41, 5.74) is 1.29. The van der Waals surface area contributed by atoms with Gasteiger partial charge in [-0.3, -0.25) is 4.79 Å². The number of pyridine rings is 1. The van der Waals surface area contributed by atoms with E-state index in [0.29, 0.717) is 41.1 Å². The highest BCUT2D eigenvalue weighted by Crippen LogP contribution is 2.34. The second kappa shape index (κ2) is 7.00. The van der Waals surface area contributed by atoms with Crippen LogP contribution in [0.5, 0.6) is 0 Å². The number of hydrogen-bond acceptors (Lipinski definition) is 4. The van der Waals surface area contributed by atoms with Gasteiger partial charge in [-0.15, -0.1) is 0 Å². The van der Waals surface area contributed by atoms with Crippen LogP contribution >= 0.6 is 23.2 Å². The summed E-state index contributed by atoms with van der Waals surface area (Å²) in [4.78, 5) is 19.2. The van der Waals surface area contributed by atoms with Crippen LogP contribution in [0.2, 0.25) is 10.0 Å². The van der Waals surface area contributed by atoms with Crippen LogP contribution in [0.1, 0.15) is 25.5 Å². The van der Waals surface area contributed by atoms with Crippen LogP contribution in [-0.4, -0.2) is 52.3 Å². The maximum Gasteiger partial charge on any atom is 0.228 e. The molecule has 0 unspecified atom stereocenters. The lowest BCUT2D eigenvalue weighted by molar-refractivity contribution is -0.192. The molecule has 8 heteroatoms. The Bertz CT molecular complexity index is 832. The average molecular weight is 398 g/mol. The molecule has 2 aromatic rings. The van der Waals surface area contributed by atoms with Crippen molar-refractivity contribution in [2.45, 2.75) is 32.0 Å². The van der Waals surface area contributed by atoms with Gasteiger partial charge in [-0.05, 0) is 25.8 Å². The Morgan fingerprint density at radius 1 is 1.35 bits per heavy atom. The topological polar surface area (TPSA) is 56.1 Å². The number of carbonyl (C=O) groups is 1. The lowest BCUT2D eigenvalue weighted by Crippen LogP contribution is -2.49. The number of likely N-dealkylation sites (tertiary alicyclic amines) is 1. The molecule has 0 saturated carbocycles. The van der Waals surface area contributed by atoms with Gasteiger partial charge in [0.25, 0.3) is 0 Å². The lowest BCUT2D eigenvalue weighted by atomic mass is 9.90. The summed E-state index contributed by atoms with van der Waals surface area (Å²) in [6, 6.07) is 1.65. The molecule has 0 radical (unpaired) electrons. The van der Waals surface area contributed by atoms with E-state index in [9.17, 15) is 4.79 Å². The average Bonchev–Trinajstić information content (AvgIpc) is 3.22. The molecule has 140 valence electrons. The number of fused-ring (bicyclic) bond motifs is 1. The molecule has 0 aliphatic carbocycles. The predicted octanol–water partition coefficient (Wildman–Crippen LogP) is 3.19. The maximum absolute atomic E-state index is 12.8. The SMILES string of the molecule is CC1([C@H]2CCCN(C(=O)Cc3cn4cc(Cl)cc(Cl)c4n3)C2)OCCO1. The molecule has 1 amide bonds. The minimum absolute atomic E-state index is 0.0573. The molecule has 0 aromatic carbocycles. The monoisotopic (exact) mass is 397 g/mol. The number of imidazole rings is 1. The van der Waals surface area contributed by atoms with E-state index in [0.717, 1.165) is 19.4 Å². The first-order valence-electron chi connectivity index (χ1n) is 8.83. The zero-order valence-corrected chi connectivity index (χ0v) is 16.1.